The largest absolute Gasteiger partial charge is 0.489 e. The molecule has 0 aliphatic heterocycles. The van der Waals surface area contributed by atoms with E-state index in [1.807, 2.05) is 12.1 Å². The molecule has 2 aromatic rings. The molecule has 0 saturated carbocycles. The number of thiocarbonyl (C=S) groups is 1. The highest BCUT2D eigenvalue weighted by Gasteiger charge is 2.11. The maximum Gasteiger partial charge on any atom is 0.260 e. The number of benzene rings is 2. The van der Waals surface area contributed by atoms with Crippen LogP contribution in [0.25, 0.3) is 0 Å². The number of nitrogens with one attached hydrogen (secondary N) is 1. The Kier molecular flexibility index (Phi) is 6.62. The number of methoxy groups -OCH3 is 1. The third kappa shape index (κ3) is 4.48. The van der Waals surface area contributed by atoms with E-state index < -0.39 is 0 Å². The van der Waals surface area contributed by atoms with Gasteiger partial charge in [-0.2, -0.15) is 0 Å². The van der Waals surface area contributed by atoms with Gasteiger partial charge in [0.2, 0.25) is 0 Å². The number of ether oxygens (including phenoxy) is 2. The lowest BCUT2D eigenvalue weighted by molar-refractivity contribution is 0.302. The standard InChI is InChI=1S/C20H25NO2S/c1-5-15-8-7-9-18(21-20(24)22-4)17(15)13-23-19-11-10-14(3)12-16(19)6-2/h7-12H,5-6,13H2,1-4H3,(H,21,24). The molecule has 0 aliphatic rings. The van der Waals surface area contributed by atoms with Gasteiger partial charge in [-0.15, -0.1) is 0 Å². The Morgan fingerprint density at radius 1 is 1.08 bits per heavy atom. The zero-order valence-corrected chi connectivity index (χ0v) is 15.6. The molecular weight excluding hydrogens is 318 g/mol. The summed E-state index contributed by atoms with van der Waals surface area (Å²) in [6.45, 7) is 6.88. The van der Waals surface area contributed by atoms with Crippen molar-refractivity contribution in [1.29, 1.82) is 0 Å². The summed E-state index contributed by atoms with van der Waals surface area (Å²) in [6, 6.07) is 12.5. The zero-order chi connectivity index (χ0) is 17.5. The number of aryl methyl sites for hydroxylation is 3. The maximum absolute atomic E-state index is 6.14. The first-order valence-corrected chi connectivity index (χ1v) is 8.67. The van der Waals surface area contributed by atoms with Crippen LogP contribution in [0.15, 0.2) is 36.4 Å². The van der Waals surface area contributed by atoms with Gasteiger partial charge in [-0.05, 0) is 55.2 Å². The van der Waals surface area contributed by atoms with E-state index in [0.29, 0.717) is 11.8 Å². The summed E-state index contributed by atoms with van der Waals surface area (Å²) in [4.78, 5) is 0. The fourth-order valence-corrected chi connectivity index (χ4v) is 2.80. The van der Waals surface area contributed by atoms with E-state index in [9.17, 15) is 0 Å². The summed E-state index contributed by atoms with van der Waals surface area (Å²) in [5, 5.41) is 3.49. The van der Waals surface area contributed by atoms with Crippen LogP contribution in [0.5, 0.6) is 5.75 Å². The fraction of sp³-hybridized carbons (Fsp3) is 0.350. The molecule has 0 aromatic heterocycles. The number of hydrogen-bond donors (Lipinski definition) is 1. The van der Waals surface area contributed by atoms with Gasteiger partial charge in [0.25, 0.3) is 5.17 Å². The van der Waals surface area contributed by atoms with Crippen molar-refractivity contribution in [1.82, 2.24) is 0 Å². The van der Waals surface area contributed by atoms with Crippen molar-refractivity contribution in [2.24, 2.45) is 0 Å². The lowest BCUT2D eigenvalue weighted by Gasteiger charge is -2.17. The lowest BCUT2D eigenvalue weighted by Crippen LogP contribution is -2.14. The molecule has 0 spiro atoms. The number of rotatable bonds is 6. The van der Waals surface area contributed by atoms with E-state index in [1.165, 1.54) is 16.7 Å². The molecule has 2 rings (SSSR count). The van der Waals surface area contributed by atoms with Crippen molar-refractivity contribution in [3.05, 3.63) is 58.7 Å². The summed E-state index contributed by atoms with van der Waals surface area (Å²) in [6.07, 6.45) is 1.88. The van der Waals surface area contributed by atoms with Gasteiger partial charge in [0, 0.05) is 11.3 Å². The van der Waals surface area contributed by atoms with Crippen LogP contribution in [0.1, 0.15) is 36.1 Å². The van der Waals surface area contributed by atoms with E-state index in [4.69, 9.17) is 21.7 Å². The van der Waals surface area contributed by atoms with Crippen LogP contribution >= 0.6 is 12.2 Å². The van der Waals surface area contributed by atoms with E-state index in [2.05, 4.69) is 50.4 Å². The Morgan fingerprint density at radius 3 is 2.50 bits per heavy atom. The van der Waals surface area contributed by atoms with Crippen LogP contribution in [0.4, 0.5) is 5.69 Å². The monoisotopic (exact) mass is 343 g/mol. The SMILES string of the molecule is CCc1cc(C)ccc1OCc1c(CC)cccc1NC(=S)OC. The van der Waals surface area contributed by atoms with Crippen molar-refractivity contribution >= 4 is 23.1 Å². The molecule has 0 radical (unpaired) electrons. The lowest BCUT2D eigenvalue weighted by atomic mass is 10.0. The fourth-order valence-electron chi connectivity index (χ4n) is 2.69. The van der Waals surface area contributed by atoms with Gasteiger partial charge in [-0.1, -0.05) is 43.7 Å². The van der Waals surface area contributed by atoms with Crippen molar-refractivity contribution in [2.75, 3.05) is 12.4 Å². The van der Waals surface area contributed by atoms with Crippen molar-refractivity contribution in [2.45, 2.75) is 40.2 Å². The minimum absolute atomic E-state index is 0.356. The van der Waals surface area contributed by atoms with Crippen LogP contribution in [0, 0.1) is 6.92 Å². The molecule has 0 amide bonds. The van der Waals surface area contributed by atoms with Crippen molar-refractivity contribution in [3.63, 3.8) is 0 Å². The molecule has 0 fully saturated rings. The highest BCUT2D eigenvalue weighted by atomic mass is 32.1. The average molecular weight is 343 g/mol. The third-order valence-electron chi connectivity index (χ3n) is 4.04. The predicted molar refractivity (Wildman–Crippen MR) is 104 cm³/mol. The Bertz CT molecular complexity index is 713. The van der Waals surface area contributed by atoms with Crippen LogP contribution < -0.4 is 10.1 Å². The summed E-state index contributed by atoms with van der Waals surface area (Å²) in [7, 11) is 1.56. The molecule has 0 heterocycles. The molecule has 1 N–H and O–H groups in total. The molecule has 3 nitrogen and oxygen atoms in total. The van der Waals surface area contributed by atoms with E-state index in [0.717, 1.165) is 29.8 Å². The normalized spacial score (nSPS) is 10.3. The molecule has 0 unspecified atom stereocenters. The topological polar surface area (TPSA) is 30.5 Å². The minimum Gasteiger partial charge on any atom is -0.489 e. The first-order valence-electron chi connectivity index (χ1n) is 8.27. The highest BCUT2D eigenvalue weighted by Crippen LogP contribution is 2.26. The Hall–Kier alpha value is -2.07. The molecule has 0 bridgehead atoms. The van der Waals surface area contributed by atoms with Crippen LogP contribution in [0.3, 0.4) is 0 Å². The van der Waals surface area contributed by atoms with Gasteiger partial charge in [-0.3, -0.25) is 0 Å². The van der Waals surface area contributed by atoms with Gasteiger partial charge >= 0.3 is 0 Å². The van der Waals surface area contributed by atoms with Crippen molar-refractivity contribution in [3.8, 4) is 5.75 Å². The van der Waals surface area contributed by atoms with Gasteiger partial charge in [-0.25, -0.2) is 0 Å². The highest BCUT2D eigenvalue weighted by molar-refractivity contribution is 7.80. The van der Waals surface area contributed by atoms with Crippen LogP contribution in [0.2, 0.25) is 0 Å². The van der Waals surface area contributed by atoms with Gasteiger partial charge in [0.05, 0.1) is 7.11 Å². The van der Waals surface area contributed by atoms with Crippen LogP contribution in [-0.4, -0.2) is 12.3 Å². The summed E-state index contributed by atoms with van der Waals surface area (Å²) < 4.78 is 11.2. The second-order valence-corrected chi connectivity index (χ2v) is 6.04. The molecule has 4 heteroatoms. The van der Waals surface area contributed by atoms with E-state index in [1.54, 1.807) is 7.11 Å². The predicted octanol–water partition coefficient (Wildman–Crippen LogP) is 5.04. The average Bonchev–Trinajstić information content (AvgIpc) is 2.60. The third-order valence-corrected chi connectivity index (χ3v) is 4.31. The van der Waals surface area contributed by atoms with Gasteiger partial charge < -0.3 is 14.8 Å². The Morgan fingerprint density at radius 2 is 1.83 bits per heavy atom. The van der Waals surface area contributed by atoms with Crippen LogP contribution in [-0.2, 0) is 24.2 Å². The van der Waals surface area contributed by atoms with Crippen molar-refractivity contribution < 1.29 is 9.47 Å². The molecule has 0 atom stereocenters. The smallest absolute Gasteiger partial charge is 0.260 e. The van der Waals surface area contributed by atoms with E-state index >= 15 is 0 Å². The summed E-state index contributed by atoms with van der Waals surface area (Å²) >= 11 is 5.13. The molecule has 24 heavy (non-hydrogen) atoms. The first kappa shape index (κ1) is 18.3. The second-order valence-electron chi connectivity index (χ2n) is 5.67. The van der Waals surface area contributed by atoms with E-state index in [-0.39, 0.29) is 0 Å². The number of anilines is 1. The molecular formula is C20H25NO2S. The summed E-state index contributed by atoms with van der Waals surface area (Å²) in [5.74, 6) is 0.939. The first-order chi connectivity index (χ1) is 11.6. The molecule has 0 aliphatic carbocycles. The van der Waals surface area contributed by atoms with Gasteiger partial charge in [0.1, 0.15) is 12.4 Å². The molecule has 2 aromatic carbocycles. The molecule has 128 valence electrons. The maximum atomic E-state index is 6.14. The Labute approximate surface area is 150 Å². The second kappa shape index (κ2) is 8.69. The zero-order valence-electron chi connectivity index (χ0n) is 14.8. The minimum atomic E-state index is 0.356. The number of hydrogen-bond acceptors (Lipinski definition) is 3. The quantitative estimate of drug-likeness (QED) is 0.744. The Balaban J connectivity index is 2.26. The molecule has 0 saturated heterocycles. The summed E-state index contributed by atoms with van der Waals surface area (Å²) in [5.41, 5.74) is 5.77. The van der Waals surface area contributed by atoms with Gasteiger partial charge in [0.15, 0.2) is 0 Å².